The van der Waals surface area contributed by atoms with Gasteiger partial charge >= 0.3 is 0 Å². The number of nitrogens with zero attached hydrogens (tertiary/aromatic N) is 5. The molecular formula is C30H32N8O2. The van der Waals surface area contributed by atoms with Crippen LogP contribution in [0.3, 0.4) is 0 Å². The summed E-state index contributed by atoms with van der Waals surface area (Å²) >= 11 is 0. The van der Waals surface area contributed by atoms with Crippen molar-refractivity contribution >= 4 is 23.2 Å². The second-order valence-corrected chi connectivity index (χ2v) is 10.3. The summed E-state index contributed by atoms with van der Waals surface area (Å²) in [6.45, 7) is 4.68. The quantitative estimate of drug-likeness (QED) is 0.332. The molecule has 1 atom stereocenters. The number of hydrogen-bond acceptors (Lipinski definition) is 7. The first-order chi connectivity index (χ1) is 19.6. The van der Waals surface area contributed by atoms with Gasteiger partial charge in [0.15, 0.2) is 0 Å². The first kappa shape index (κ1) is 25.7. The van der Waals surface area contributed by atoms with Gasteiger partial charge in [0.1, 0.15) is 11.9 Å². The largest absolute Gasteiger partial charge is 0.369 e. The van der Waals surface area contributed by atoms with Crippen LogP contribution in [0.15, 0.2) is 73.1 Å². The van der Waals surface area contributed by atoms with E-state index in [1.807, 2.05) is 42.7 Å². The molecule has 2 aromatic carbocycles. The molecule has 4 aromatic rings. The number of aromatic nitrogens is 4. The second-order valence-electron chi connectivity index (χ2n) is 10.3. The van der Waals surface area contributed by atoms with Gasteiger partial charge in [0.25, 0.3) is 5.91 Å². The van der Waals surface area contributed by atoms with E-state index in [0.29, 0.717) is 25.1 Å². The molecule has 10 nitrogen and oxygen atoms in total. The zero-order chi connectivity index (χ0) is 27.3. The van der Waals surface area contributed by atoms with Gasteiger partial charge < -0.3 is 15.5 Å². The SMILES string of the molecule is O=C(N[C@H]1CCc2ccc(CN3CCN(c4ccncc4)CC3)cc2NC1=O)c1n[nH]c(Cc2ccccc2)n1. The molecule has 0 spiro atoms. The Labute approximate surface area is 232 Å². The molecule has 204 valence electrons. The lowest BCUT2D eigenvalue weighted by Gasteiger charge is -2.36. The minimum atomic E-state index is -0.666. The van der Waals surface area contributed by atoms with E-state index < -0.39 is 11.9 Å². The average molecular weight is 537 g/mol. The van der Waals surface area contributed by atoms with E-state index in [1.54, 1.807) is 0 Å². The summed E-state index contributed by atoms with van der Waals surface area (Å²) in [6, 6.07) is 19.6. The van der Waals surface area contributed by atoms with Gasteiger partial charge in [0.2, 0.25) is 11.7 Å². The highest BCUT2D eigenvalue weighted by molar-refractivity contribution is 6.00. The summed E-state index contributed by atoms with van der Waals surface area (Å²) in [5.74, 6) is -0.0595. The Bertz CT molecular complexity index is 1470. The van der Waals surface area contributed by atoms with Crippen LogP contribution >= 0.6 is 0 Å². The van der Waals surface area contributed by atoms with Crippen LogP contribution in [0, 0.1) is 0 Å². The fourth-order valence-electron chi connectivity index (χ4n) is 5.31. The molecule has 4 heterocycles. The average Bonchev–Trinajstić information content (AvgIpc) is 3.40. The third-order valence-electron chi connectivity index (χ3n) is 7.51. The molecule has 2 aromatic heterocycles. The molecule has 10 heteroatoms. The van der Waals surface area contributed by atoms with E-state index >= 15 is 0 Å². The highest BCUT2D eigenvalue weighted by atomic mass is 16.2. The summed E-state index contributed by atoms with van der Waals surface area (Å²) in [5.41, 5.74) is 5.32. The Kier molecular flexibility index (Phi) is 7.49. The van der Waals surface area contributed by atoms with Crippen molar-refractivity contribution in [3.05, 3.63) is 101 Å². The summed E-state index contributed by atoms with van der Waals surface area (Å²) in [6.07, 6.45) is 5.39. The Balaban J connectivity index is 1.03. The molecule has 0 unspecified atom stereocenters. The number of aromatic amines is 1. The number of piperazine rings is 1. The maximum Gasteiger partial charge on any atom is 0.291 e. The predicted molar refractivity (Wildman–Crippen MR) is 152 cm³/mol. The molecule has 6 rings (SSSR count). The number of pyridine rings is 1. The van der Waals surface area contributed by atoms with Crippen LogP contribution in [0.1, 0.15) is 39.6 Å². The fraction of sp³-hybridized carbons (Fsp3) is 0.300. The van der Waals surface area contributed by atoms with Crippen molar-refractivity contribution in [2.75, 3.05) is 36.4 Å². The van der Waals surface area contributed by atoms with Crippen molar-refractivity contribution in [2.24, 2.45) is 0 Å². The number of carbonyl (C=O) groups excluding carboxylic acids is 2. The summed E-state index contributed by atoms with van der Waals surface area (Å²) < 4.78 is 0. The standard InChI is InChI=1S/C30H32N8O2/c39-29-25(32-30(40)28-34-27(35-36-28)19-21-4-2-1-3-5-21)9-8-23-7-6-22(18-26(23)33-29)20-37-14-16-38(17-15-37)24-10-12-31-13-11-24/h1-7,10-13,18,25H,8-9,14-17,19-20H2,(H,32,40)(H,33,39)(H,34,35,36)/t25-/m0/s1. The van der Waals surface area contributed by atoms with Crippen molar-refractivity contribution < 1.29 is 9.59 Å². The van der Waals surface area contributed by atoms with Crippen molar-refractivity contribution in [1.29, 1.82) is 0 Å². The monoisotopic (exact) mass is 536 g/mol. The number of hydrogen-bond donors (Lipinski definition) is 3. The highest BCUT2D eigenvalue weighted by Gasteiger charge is 2.27. The van der Waals surface area contributed by atoms with Crippen LogP contribution in [0.5, 0.6) is 0 Å². The molecule has 0 aliphatic carbocycles. The predicted octanol–water partition coefficient (Wildman–Crippen LogP) is 2.80. The van der Waals surface area contributed by atoms with Gasteiger partial charge in [0, 0.05) is 62.9 Å². The van der Waals surface area contributed by atoms with Crippen LogP contribution < -0.4 is 15.5 Å². The normalized spacial score (nSPS) is 17.6. The Morgan fingerprint density at radius 1 is 0.975 bits per heavy atom. The van der Waals surface area contributed by atoms with E-state index in [4.69, 9.17) is 0 Å². The maximum atomic E-state index is 13.1. The van der Waals surface area contributed by atoms with Crippen LogP contribution in [-0.4, -0.2) is 69.1 Å². The van der Waals surface area contributed by atoms with Crippen molar-refractivity contribution in [1.82, 2.24) is 30.4 Å². The van der Waals surface area contributed by atoms with Crippen molar-refractivity contribution in [3.8, 4) is 0 Å². The number of amides is 2. The van der Waals surface area contributed by atoms with E-state index in [0.717, 1.165) is 55.1 Å². The van der Waals surface area contributed by atoms with E-state index in [-0.39, 0.29) is 11.7 Å². The topological polar surface area (TPSA) is 119 Å². The lowest BCUT2D eigenvalue weighted by Crippen LogP contribution is -2.46. The molecule has 1 saturated heterocycles. The van der Waals surface area contributed by atoms with Gasteiger partial charge in [-0.1, -0.05) is 42.5 Å². The highest BCUT2D eigenvalue weighted by Crippen LogP contribution is 2.25. The zero-order valence-corrected chi connectivity index (χ0v) is 22.2. The fourth-order valence-corrected chi connectivity index (χ4v) is 5.31. The number of anilines is 2. The number of carbonyl (C=O) groups is 2. The number of nitrogens with one attached hydrogen (secondary N) is 3. The number of fused-ring (bicyclic) bond motifs is 1. The van der Waals surface area contributed by atoms with Crippen molar-refractivity contribution in [3.63, 3.8) is 0 Å². The Morgan fingerprint density at radius 3 is 2.58 bits per heavy atom. The van der Waals surface area contributed by atoms with Gasteiger partial charge in [-0.15, -0.1) is 5.10 Å². The van der Waals surface area contributed by atoms with Crippen molar-refractivity contribution in [2.45, 2.75) is 31.8 Å². The third kappa shape index (κ3) is 6.02. The number of aryl methyl sites for hydroxylation is 1. The summed E-state index contributed by atoms with van der Waals surface area (Å²) in [5, 5.41) is 12.8. The number of H-pyrrole nitrogens is 1. The van der Waals surface area contributed by atoms with E-state index in [1.165, 1.54) is 5.69 Å². The molecule has 2 aliphatic rings. The molecular weight excluding hydrogens is 504 g/mol. The van der Waals surface area contributed by atoms with Gasteiger partial charge in [-0.2, -0.15) is 0 Å². The minimum Gasteiger partial charge on any atom is -0.369 e. The molecule has 0 bridgehead atoms. The molecule has 0 radical (unpaired) electrons. The molecule has 1 fully saturated rings. The number of rotatable bonds is 7. The van der Waals surface area contributed by atoms with Gasteiger partial charge in [0.05, 0.1) is 0 Å². The van der Waals surface area contributed by atoms with Crippen LogP contribution in [-0.2, 0) is 24.2 Å². The first-order valence-electron chi connectivity index (χ1n) is 13.7. The molecule has 2 aliphatic heterocycles. The van der Waals surface area contributed by atoms with Gasteiger partial charge in [-0.25, -0.2) is 4.98 Å². The first-order valence-corrected chi connectivity index (χ1v) is 13.7. The maximum absolute atomic E-state index is 13.1. The molecule has 2 amide bonds. The summed E-state index contributed by atoms with van der Waals surface area (Å²) in [4.78, 5) is 39.2. The van der Waals surface area contributed by atoms with Gasteiger partial charge in [-0.3, -0.25) is 24.6 Å². The Hall–Kier alpha value is -4.57. The smallest absolute Gasteiger partial charge is 0.291 e. The van der Waals surface area contributed by atoms with E-state index in [9.17, 15) is 9.59 Å². The lowest BCUT2D eigenvalue weighted by atomic mass is 10.0. The van der Waals surface area contributed by atoms with Gasteiger partial charge in [-0.05, 0) is 47.7 Å². The second kappa shape index (κ2) is 11.7. The third-order valence-corrected chi connectivity index (χ3v) is 7.51. The minimum absolute atomic E-state index is 0.0341. The van der Waals surface area contributed by atoms with E-state index in [2.05, 4.69) is 70.9 Å². The zero-order valence-electron chi connectivity index (χ0n) is 22.2. The summed E-state index contributed by atoms with van der Waals surface area (Å²) in [7, 11) is 0. The van der Waals surface area contributed by atoms with Crippen LogP contribution in [0.2, 0.25) is 0 Å². The molecule has 40 heavy (non-hydrogen) atoms. The van der Waals surface area contributed by atoms with Crippen LogP contribution in [0.25, 0.3) is 0 Å². The lowest BCUT2D eigenvalue weighted by molar-refractivity contribution is -0.118. The molecule has 0 saturated carbocycles. The Morgan fingerprint density at radius 2 is 1.77 bits per heavy atom. The number of benzene rings is 2. The van der Waals surface area contributed by atoms with Crippen LogP contribution in [0.4, 0.5) is 11.4 Å². The molecule has 3 N–H and O–H groups in total.